The van der Waals surface area contributed by atoms with Crippen LogP contribution in [0.3, 0.4) is 0 Å². The second kappa shape index (κ2) is 6.96. The third kappa shape index (κ3) is 6.02. The third-order valence-corrected chi connectivity index (χ3v) is 3.57. The van der Waals surface area contributed by atoms with Crippen LogP contribution in [0.15, 0.2) is 24.3 Å². The van der Waals surface area contributed by atoms with Crippen LogP contribution in [0.4, 0.5) is 0 Å². The van der Waals surface area contributed by atoms with Crippen molar-refractivity contribution >= 4 is 22.4 Å². The van der Waals surface area contributed by atoms with Crippen molar-refractivity contribution < 1.29 is 8.42 Å². The van der Waals surface area contributed by atoms with Crippen molar-refractivity contribution in [1.29, 1.82) is 0 Å². The zero-order valence-corrected chi connectivity index (χ0v) is 11.6. The Labute approximate surface area is 109 Å². The summed E-state index contributed by atoms with van der Waals surface area (Å²) in [6.07, 6.45) is 0. The van der Waals surface area contributed by atoms with E-state index < -0.39 is 10.0 Å². The molecule has 0 saturated heterocycles. The van der Waals surface area contributed by atoms with Crippen LogP contribution in [0.25, 0.3) is 0 Å². The van der Waals surface area contributed by atoms with E-state index in [-0.39, 0.29) is 24.2 Å². The first-order valence-electron chi connectivity index (χ1n) is 5.21. The van der Waals surface area contributed by atoms with Gasteiger partial charge in [-0.2, -0.15) is 0 Å². The zero-order valence-electron chi connectivity index (χ0n) is 10.0. The fourth-order valence-corrected chi connectivity index (χ4v) is 2.82. The molecule has 0 saturated carbocycles. The highest BCUT2D eigenvalue weighted by Gasteiger charge is 2.12. The van der Waals surface area contributed by atoms with Crippen molar-refractivity contribution in [2.75, 3.05) is 0 Å². The molecule has 0 atom stereocenters. The number of halogens is 1. The first-order chi connectivity index (χ1) is 7.43. The van der Waals surface area contributed by atoms with Crippen molar-refractivity contribution in [2.45, 2.75) is 32.2 Å². The summed E-state index contributed by atoms with van der Waals surface area (Å²) >= 11 is 0. The average Bonchev–Trinajstić information content (AvgIpc) is 2.16. The molecule has 0 spiro atoms. The van der Waals surface area contributed by atoms with Crippen molar-refractivity contribution in [3.05, 3.63) is 35.4 Å². The molecule has 98 valence electrons. The fraction of sp³-hybridized carbons (Fsp3) is 0.455. The molecular weight excluding hydrogens is 260 g/mol. The van der Waals surface area contributed by atoms with Crippen LogP contribution < -0.4 is 10.5 Å². The Bertz CT molecular complexity index is 429. The molecule has 1 rings (SSSR count). The molecule has 0 amide bonds. The highest BCUT2D eigenvalue weighted by molar-refractivity contribution is 7.88. The van der Waals surface area contributed by atoms with Gasteiger partial charge in [-0.05, 0) is 25.0 Å². The van der Waals surface area contributed by atoms with Gasteiger partial charge < -0.3 is 5.73 Å². The van der Waals surface area contributed by atoms with Crippen LogP contribution in [0.1, 0.15) is 25.0 Å². The lowest BCUT2D eigenvalue weighted by molar-refractivity contribution is 0.569. The van der Waals surface area contributed by atoms with Crippen molar-refractivity contribution in [2.24, 2.45) is 5.73 Å². The molecule has 17 heavy (non-hydrogen) atoms. The minimum absolute atomic E-state index is 0. The number of hydrogen-bond donors (Lipinski definition) is 2. The largest absolute Gasteiger partial charge is 0.326 e. The van der Waals surface area contributed by atoms with E-state index in [1.807, 2.05) is 12.1 Å². The smallest absolute Gasteiger partial charge is 0.216 e. The Morgan fingerprint density at radius 1 is 1.18 bits per heavy atom. The summed E-state index contributed by atoms with van der Waals surface area (Å²) in [5.41, 5.74) is 7.23. The topological polar surface area (TPSA) is 72.2 Å². The Hall–Kier alpha value is -0.620. The number of hydrogen-bond acceptors (Lipinski definition) is 3. The molecule has 0 radical (unpaired) electrons. The Balaban J connectivity index is 0.00000256. The van der Waals surface area contributed by atoms with E-state index in [4.69, 9.17) is 5.73 Å². The van der Waals surface area contributed by atoms with Gasteiger partial charge in [0.2, 0.25) is 10.0 Å². The second-order valence-electron chi connectivity index (χ2n) is 4.05. The van der Waals surface area contributed by atoms with Gasteiger partial charge in [-0.3, -0.25) is 0 Å². The second-order valence-corrected chi connectivity index (χ2v) is 5.81. The van der Waals surface area contributed by atoms with E-state index in [1.165, 1.54) is 0 Å². The summed E-state index contributed by atoms with van der Waals surface area (Å²) in [6, 6.07) is 7.21. The highest BCUT2D eigenvalue weighted by atomic mass is 35.5. The van der Waals surface area contributed by atoms with Crippen LogP contribution in [-0.2, 0) is 22.3 Å². The summed E-state index contributed by atoms with van der Waals surface area (Å²) in [7, 11) is -3.23. The Kier molecular flexibility index (Phi) is 6.70. The molecule has 0 aliphatic carbocycles. The Morgan fingerprint density at radius 2 is 1.65 bits per heavy atom. The molecule has 0 unspecified atom stereocenters. The van der Waals surface area contributed by atoms with Gasteiger partial charge in [0.25, 0.3) is 0 Å². The summed E-state index contributed by atoms with van der Waals surface area (Å²) in [6.45, 7) is 4.07. The summed E-state index contributed by atoms with van der Waals surface area (Å²) in [5, 5.41) is 0. The van der Waals surface area contributed by atoms with Gasteiger partial charge in [0.15, 0.2) is 0 Å². The normalized spacial score (nSPS) is 11.3. The number of nitrogens with one attached hydrogen (secondary N) is 1. The van der Waals surface area contributed by atoms with Crippen molar-refractivity contribution in [1.82, 2.24) is 4.72 Å². The first-order valence-corrected chi connectivity index (χ1v) is 6.86. The van der Waals surface area contributed by atoms with Crippen LogP contribution in [0.5, 0.6) is 0 Å². The molecule has 3 N–H and O–H groups in total. The maximum Gasteiger partial charge on any atom is 0.216 e. The van der Waals surface area contributed by atoms with Crippen LogP contribution >= 0.6 is 12.4 Å². The minimum atomic E-state index is -3.23. The highest BCUT2D eigenvalue weighted by Crippen LogP contribution is 2.07. The first kappa shape index (κ1) is 16.4. The molecule has 1 aromatic carbocycles. The lowest BCUT2D eigenvalue weighted by Crippen LogP contribution is -2.31. The van der Waals surface area contributed by atoms with Crippen molar-refractivity contribution in [3.63, 3.8) is 0 Å². The van der Waals surface area contributed by atoms with Gasteiger partial charge in [0, 0.05) is 12.6 Å². The zero-order chi connectivity index (χ0) is 12.2. The molecule has 0 bridgehead atoms. The van der Waals surface area contributed by atoms with Gasteiger partial charge in [-0.25, -0.2) is 13.1 Å². The van der Waals surface area contributed by atoms with E-state index in [9.17, 15) is 8.42 Å². The average molecular weight is 279 g/mol. The monoisotopic (exact) mass is 278 g/mol. The molecule has 0 fully saturated rings. The quantitative estimate of drug-likeness (QED) is 0.855. The maximum atomic E-state index is 11.6. The molecular formula is C11H19ClN2O2S. The van der Waals surface area contributed by atoms with E-state index in [2.05, 4.69) is 4.72 Å². The van der Waals surface area contributed by atoms with Crippen LogP contribution in [0, 0.1) is 0 Å². The summed E-state index contributed by atoms with van der Waals surface area (Å²) in [5.74, 6) is 0.00995. The molecule has 0 heterocycles. The standard InChI is InChI=1S/C11H18N2O2S.ClH/c1-9(2)13-16(14,15)8-11-5-3-10(7-12)4-6-11;/h3-6,9,13H,7-8,12H2,1-2H3;1H. The summed E-state index contributed by atoms with van der Waals surface area (Å²) in [4.78, 5) is 0. The van der Waals surface area contributed by atoms with Gasteiger partial charge in [0.05, 0.1) is 5.75 Å². The van der Waals surface area contributed by atoms with Crippen molar-refractivity contribution in [3.8, 4) is 0 Å². The molecule has 0 aliphatic heterocycles. The van der Waals surface area contributed by atoms with Crippen LogP contribution in [0.2, 0.25) is 0 Å². The predicted octanol–water partition coefficient (Wildman–Crippen LogP) is 1.39. The van der Waals surface area contributed by atoms with E-state index >= 15 is 0 Å². The van der Waals surface area contributed by atoms with Gasteiger partial charge in [0.1, 0.15) is 0 Å². The van der Waals surface area contributed by atoms with Gasteiger partial charge in [-0.15, -0.1) is 12.4 Å². The van der Waals surface area contributed by atoms with Gasteiger partial charge in [-0.1, -0.05) is 24.3 Å². The lowest BCUT2D eigenvalue weighted by Gasteiger charge is -2.09. The maximum absolute atomic E-state index is 11.6. The van der Waals surface area contributed by atoms with E-state index in [1.54, 1.807) is 26.0 Å². The van der Waals surface area contributed by atoms with E-state index in [0.29, 0.717) is 6.54 Å². The van der Waals surface area contributed by atoms with Crippen LogP contribution in [-0.4, -0.2) is 14.5 Å². The van der Waals surface area contributed by atoms with E-state index in [0.717, 1.165) is 11.1 Å². The number of nitrogens with two attached hydrogens (primary N) is 1. The molecule has 6 heteroatoms. The molecule has 1 aromatic rings. The number of rotatable bonds is 5. The summed E-state index contributed by atoms with van der Waals surface area (Å²) < 4.78 is 25.8. The lowest BCUT2D eigenvalue weighted by atomic mass is 10.1. The number of benzene rings is 1. The molecule has 0 aromatic heterocycles. The Morgan fingerprint density at radius 3 is 2.06 bits per heavy atom. The predicted molar refractivity (Wildman–Crippen MR) is 72.5 cm³/mol. The fourth-order valence-electron chi connectivity index (χ4n) is 1.39. The molecule has 4 nitrogen and oxygen atoms in total. The molecule has 0 aliphatic rings. The SMILES string of the molecule is CC(C)NS(=O)(=O)Cc1ccc(CN)cc1.Cl. The third-order valence-electron chi connectivity index (χ3n) is 2.03. The van der Waals surface area contributed by atoms with Gasteiger partial charge >= 0.3 is 0 Å². The minimum Gasteiger partial charge on any atom is -0.326 e. The number of sulfonamides is 1.